The Bertz CT molecular complexity index is 439. The molecule has 0 bridgehead atoms. The number of aromatic nitrogens is 1. The number of hydrogen-bond acceptors (Lipinski definition) is 5. The van der Waals surface area contributed by atoms with Crippen molar-refractivity contribution >= 4 is 5.69 Å². The number of nitrogens with two attached hydrogens (primary N) is 1. The lowest BCUT2D eigenvalue weighted by atomic mass is 10.2. The summed E-state index contributed by atoms with van der Waals surface area (Å²) < 4.78 is 44.0. The SMILES string of the molecule is COc1nc(OC(F)(F)F)c(C#N)cc1N. The Hall–Kier alpha value is -2.17. The van der Waals surface area contributed by atoms with Crippen LogP contribution in [0, 0.1) is 11.3 Å². The summed E-state index contributed by atoms with van der Waals surface area (Å²) in [6, 6.07) is 2.48. The number of nitrogen functional groups attached to an aromatic ring is 1. The van der Waals surface area contributed by atoms with Gasteiger partial charge in [0.05, 0.1) is 12.8 Å². The van der Waals surface area contributed by atoms with Crippen LogP contribution in [0.1, 0.15) is 5.56 Å². The molecule has 0 spiro atoms. The second kappa shape index (κ2) is 4.14. The van der Waals surface area contributed by atoms with E-state index in [1.807, 2.05) is 0 Å². The Morgan fingerprint density at radius 1 is 1.44 bits per heavy atom. The Morgan fingerprint density at radius 2 is 2.06 bits per heavy atom. The van der Waals surface area contributed by atoms with Crippen LogP contribution in [-0.2, 0) is 0 Å². The summed E-state index contributed by atoms with van der Waals surface area (Å²) in [5.41, 5.74) is 4.90. The molecule has 0 atom stereocenters. The first-order valence-electron chi connectivity index (χ1n) is 3.87. The van der Waals surface area contributed by atoms with Crippen LogP contribution in [0.3, 0.4) is 0 Å². The van der Waals surface area contributed by atoms with Gasteiger partial charge in [0.2, 0.25) is 11.8 Å². The van der Waals surface area contributed by atoms with Crippen molar-refractivity contribution in [1.82, 2.24) is 4.98 Å². The summed E-state index contributed by atoms with van der Waals surface area (Å²) in [5, 5.41) is 8.57. The number of nitriles is 1. The monoisotopic (exact) mass is 233 g/mol. The van der Waals surface area contributed by atoms with Gasteiger partial charge in [0.1, 0.15) is 11.6 Å². The van der Waals surface area contributed by atoms with E-state index in [9.17, 15) is 13.2 Å². The van der Waals surface area contributed by atoms with Crippen LogP contribution in [-0.4, -0.2) is 18.5 Å². The number of methoxy groups -OCH3 is 1. The quantitative estimate of drug-likeness (QED) is 0.835. The molecule has 86 valence electrons. The molecule has 1 aromatic heterocycles. The fourth-order valence-corrected chi connectivity index (χ4v) is 0.927. The molecule has 0 radical (unpaired) electrons. The molecule has 0 fully saturated rings. The first-order chi connectivity index (χ1) is 7.37. The summed E-state index contributed by atoms with van der Waals surface area (Å²) in [5.74, 6) is -1.13. The molecule has 2 N–H and O–H groups in total. The lowest BCUT2D eigenvalue weighted by Gasteiger charge is -2.11. The van der Waals surface area contributed by atoms with Crippen molar-refractivity contribution in [3.63, 3.8) is 0 Å². The van der Waals surface area contributed by atoms with Gasteiger partial charge in [-0.05, 0) is 6.07 Å². The molecule has 0 saturated carbocycles. The molecule has 1 rings (SSSR count). The first kappa shape index (κ1) is 11.9. The Kier molecular flexibility index (Phi) is 3.08. The van der Waals surface area contributed by atoms with Crippen molar-refractivity contribution in [3.05, 3.63) is 11.6 Å². The highest BCUT2D eigenvalue weighted by Crippen LogP contribution is 2.29. The van der Waals surface area contributed by atoms with E-state index in [4.69, 9.17) is 11.0 Å². The summed E-state index contributed by atoms with van der Waals surface area (Å²) in [4.78, 5) is 3.33. The molecule has 0 aromatic carbocycles. The summed E-state index contributed by atoms with van der Waals surface area (Å²) >= 11 is 0. The van der Waals surface area contributed by atoms with Crippen molar-refractivity contribution in [2.24, 2.45) is 0 Å². The lowest BCUT2D eigenvalue weighted by Crippen LogP contribution is -2.19. The van der Waals surface area contributed by atoms with Gasteiger partial charge in [0, 0.05) is 0 Å². The fourth-order valence-electron chi connectivity index (χ4n) is 0.927. The second-order valence-electron chi connectivity index (χ2n) is 2.60. The van der Waals surface area contributed by atoms with Gasteiger partial charge >= 0.3 is 6.36 Å². The van der Waals surface area contributed by atoms with Gasteiger partial charge in [0.15, 0.2) is 0 Å². The normalized spacial score (nSPS) is 10.7. The third kappa shape index (κ3) is 2.66. The van der Waals surface area contributed by atoms with Gasteiger partial charge in [-0.25, -0.2) is 0 Å². The largest absolute Gasteiger partial charge is 0.574 e. The number of ether oxygens (including phenoxy) is 2. The van der Waals surface area contributed by atoms with E-state index in [0.717, 1.165) is 6.07 Å². The number of alkyl halides is 3. The van der Waals surface area contributed by atoms with Crippen LogP contribution in [0.4, 0.5) is 18.9 Å². The zero-order valence-electron chi connectivity index (χ0n) is 8.00. The highest BCUT2D eigenvalue weighted by atomic mass is 19.4. The van der Waals surface area contributed by atoms with E-state index in [0.29, 0.717) is 0 Å². The molecule has 0 amide bonds. The van der Waals surface area contributed by atoms with Crippen molar-refractivity contribution < 1.29 is 22.6 Å². The van der Waals surface area contributed by atoms with Crippen LogP contribution < -0.4 is 15.2 Å². The topological polar surface area (TPSA) is 81.2 Å². The van der Waals surface area contributed by atoms with E-state index in [-0.39, 0.29) is 11.6 Å². The van der Waals surface area contributed by atoms with E-state index in [2.05, 4.69) is 14.5 Å². The van der Waals surface area contributed by atoms with Crippen LogP contribution >= 0.6 is 0 Å². The number of anilines is 1. The van der Waals surface area contributed by atoms with Crippen molar-refractivity contribution in [1.29, 1.82) is 5.26 Å². The minimum Gasteiger partial charge on any atom is -0.479 e. The van der Waals surface area contributed by atoms with Crippen molar-refractivity contribution in [2.75, 3.05) is 12.8 Å². The van der Waals surface area contributed by atoms with E-state index < -0.39 is 17.8 Å². The van der Waals surface area contributed by atoms with Crippen molar-refractivity contribution in [2.45, 2.75) is 6.36 Å². The van der Waals surface area contributed by atoms with Crippen LogP contribution in [0.2, 0.25) is 0 Å². The Labute approximate surface area is 88.2 Å². The molecule has 0 unspecified atom stereocenters. The molecule has 1 heterocycles. The Balaban J connectivity index is 3.21. The molecule has 0 aliphatic rings. The maximum Gasteiger partial charge on any atom is 0.574 e. The number of hydrogen-bond donors (Lipinski definition) is 1. The molecule has 16 heavy (non-hydrogen) atoms. The molecule has 5 nitrogen and oxygen atoms in total. The van der Waals surface area contributed by atoms with Gasteiger partial charge in [0.25, 0.3) is 0 Å². The maximum absolute atomic E-state index is 12.0. The third-order valence-corrected chi connectivity index (χ3v) is 1.51. The third-order valence-electron chi connectivity index (χ3n) is 1.51. The highest BCUT2D eigenvalue weighted by Gasteiger charge is 2.33. The summed E-state index contributed by atoms with van der Waals surface area (Å²) in [6.07, 6.45) is -4.93. The van der Waals surface area contributed by atoms with Gasteiger partial charge < -0.3 is 15.2 Å². The number of rotatable bonds is 2. The van der Waals surface area contributed by atoms with E-state index in [1.165, 1.54) is 13.2 Å². The zero-order chi connectivity index (χ0) is 12.3. The summed E-state index contributed by atoms with van der Waals surface area (Å²) in [6.45, 7) is 0. The molecular weight excluding hydrogens is 227 g/mol. The number of halogens is 3. The molecule has 0 aliphatic heterocycles. The van der Waals surface area contributed by atoms with Crippen molar-refractivity contribution in [3.8, 4) is 17.8 Å². The van der Waals surface area contributed by atoms with Gasteiger partial charge in [-0.2, -0.15) is 10.2 Å². The molecule has 0 aliphatic carbocycles. The molecule has 0 saturated heterocycles. The smallest absolute Gasteiger partial charge is 0.479 e. The van der Waals surface area contributed by atoms with Gasteiger partial charge in [-0.3, -0.25) is 0 Å². The Morgan fingerprint density at radius 3 is 2.50 bits per heavy atom. The molecule has 1 aromatic rings. The van der Waals surface area contributed by atoms with Crippen LogP contribution in [0.15, 0.2) is 6.07 Å². The standard InChI is InChI=1S/C8H6F3N3O2/c1-15-7-5(13)2-4(3-12)6(14-7)16-8(9,10)11/h2H,13H2,1H3. The van der Waals surface area contributed by atoms with E-state index >= 15 is 0 Å². The molecule has 8 heteroatoms. The number of nitrogens with zero attached hydrogens (tertiary/aromatic N) is 2. The highest BCUT2D eigenvalue weighted by molar-refractivity contribution is 5.56. The first-order valence-corrected chi connectivity index (χ1v) is 3.87. The minimum atomic E-state index is -4.93. The van der Waals surface area contributed by atoms with E-state index in [1.54, 1.807) is 0 Å². The number of pyridine rings is 1. The predicted molar refractivity (Wildman–Crippen MR) is 46.6 cm³/mol. The average Bonchev–Trinajstić information content (AvgIpc) is 2.18. The fraction of sp³-hybridized carbons (Fsp3) is 0.250. The predicted octanol–water partition coefficient (Wildman–Crippen LogP) is 1.44. The van der Waals surface area contributed by atoms with Crippen LogP contribution in [0.25, 0.3) is 0 Å². The van der Waals surface area contributed by atoms with Crippen LogP contribution in [0.5, 0.6) is 11.8 Å². The van der Waals surface area contributed by atoms with Gasteiger partial charge in [-0.1, -0.05) is 0 Å². The minimum absolute atomic E-state index is 0.0476. The lowest BCUT2D eigenvalue weighted by molar-refractivity contribution is -0.276. The van der Waals surface area contributed by atoms with Gasteiger partial charge in [-0.15, -0.1) is 13.2 Å². The molecular formula is C8H6F3N3O2. The second-order valence-corrected chi connectivity index (χ2v) is 2.60. The summed E-state index contributed by atoms with van der Waals surface area (Å²) in [7, 11) is 1.18. The zero-order valence-corrected chi connectivity index (χ0v) is 8.00. The maximum atomic E-state index is 12.0. The average molecular weight is 233 g/mol.